The number of carbonyl (C=O) groups is 1. The lowest BCUT2D eigenvalue weighted by atomic mass is 9.97. The molecule has 3 aromatic rings. The van der Waals surface area contributed by atoms with E-state index in [9.17, 15) is 18.0 Å². The lowest BCUT2D eigenvalue weighted by Crippen LogP contribution is -2.24. The molecule has 0 spiro atoms. The van der Waals surface area contributed by atoms with E-state index in [-0.39, 0.29) is 5.91 Å². The van der Waals surface area contributed by atoms with Crippen molar-refractivity contribution in [2.24, 2.45) is 0 Å². The molecule has 0 aliphatic heterocycles. The van der Waals surface area contributed by atoms with Crippen molar-refractivity contribution in [3.63, 3.8) is 0 Å². The number of halogens is 3. The number of aromatic nitrogens is 1. The van der Waals surface area contributed by atoms with Crippen LogP contribution in [0.2, 0.25) is 0 Å². The Kier molecular flexibility index (Phi) is 5.96. The Labute approximate surface area is 166 Å². The number of hydrogen-bond donors (Lipinski definition) is 2. The summed E-state index contributed by atoms with van der Waals surface area (Å²) in [6, 6.07) is 12.0. The van der Waals surface area contributed by atoms with E-state index < -0.39 is 11.7 Å². The maximum Gasteiger partial charge on any atom is 0.416 e. The third-order valence-electron chi connectivity index (χ3n) is 4.54. The molecule has 7 heteroatoms. The van der Waals surface area contributed by atoms with Crippen LogP contribution < -0.4 is 10.1 Å². The Balaban J connectivity index is 2.09. The van der Waals surface area contributed by atoms with Crippen molar-refractivity contribution in [1.29, 1.82) is 0 Å². The average Bonchev–Trinajstić information content (AvgIpc) is 3.16. The Bertz CT molecular complexity index is 975. The van der Waals surface area contributed by atoms with Gasteiger partial charge >= 0.3 is 6.18 Å². The molecule has 3 rings (SSSR count). The quantitative estimate of drug-likeness (QED) is 0.571. The number of ether oxygens (including phenoxy) is 1. The van der Waals surface area contributed by atoms with Gasteiger partial charge in [0.05, 0.1) is 23.9 Å². The minimum Gasteiger partial charge on any atom is -0.497 e. The third-order valence-corrected chi connectivity index (χ3v) is 4.54. The summed E-state index contributed by atoms with van der Waals surface area (Å²) >= 11 is 0. The van der Waals surface area contributed by atoms with Gasteiger partial charge in [0.2, 0.25) is 0 Å². The van der Waals surface area contributed by atoms with Gasteiger partial charge in [-0.1, -0.05) is 31.2 Å². The number of hydrogen-bond acceptors (Lipinski definition) is 2. The summed E-state index contributed by atoms with van der Waals surface area (Å²) < 4.78 is 43.9. The molecule has 0 atom stereocenters. The summed E-state index contributed by atoms with van der Waals surface area (Å²) in [5, 5.41) is 2.84. The van der Waals surface area contributed by atoms with E-state index in [0.717, 1.165) is 24.1 Å². The van der Waals surface area contributed by atoms with Gasteiger partial charge in [-0.05, 0) is 41.8 Å². The van der Waals surface area contributed by atoms with Crippen molar-refractivity contribution < 1.29 is 22.7 Å². The normalized spacial score (nSPS) is 11.3. The average molecular weight is 402 g/mol. The molecule has 0 radical (unpaired) electrons. The van der Waals surface area contributed by atoms with Gasteiger partial charge in [-0.2, -0.15) is 13.2 Å². The van der Waals surface area contributed by atoms with Gasteiger partial charge in [-0.3, -0.25) is 4.79 Å². The molecule has 0 aliphatic carbocycles. The highest BCUT2D eigenvalue weighted by Crippen LogP contribution is 2.37. The maximum atomic E-state index is 12.9. The van der Waals surface area contributed by atoms with Gasteiger partial charge < -0.3 is 15.0 Å². The molecule has 1 aromatic heterocycles. The molecule has 4 nitrogen and oxygen atoms in total. The summed E-state index contributed by atoms with van der Waals surface area (Å²) in [4.78, 5) is 15.7. The van der Waals surface area contributed by atoms with Gasteiger partial charge in [0, 0.05) is 18.3 Å². The Morgan fingerprint density at radius 3 is 2.21 bits per heavy atom. The van der Waals surface area contributed by atoms with Gasteiger partial charge in [0.15, 0.2) is 0 Å². The van der Waals surface area contributed by atoms with E-state index in [0.29, 0.717) is 34.7 Å². The second-order valence-electron chi connectivity index (χ2n) is 6.51. The molecule has 29 heavy (non-hydrogen) atoms. The molecular weight excluding hydrogens is 381 g/mol. The molecule has 0 unspecified atom stereocenters. The van der Waals surface area contributed by atoms with Crippen molar-refractivity contribution in [1.82, 2.24) is 10.3 Å². The van der Waals surface area contributed by atoms with Crippen LogP contribution in [0.5, 0.6) is 5.75 Å². The van der Waals surface area contributed by atoms with Crippen molar-refractivity contribution in [2.45, 2.75) is 19.5 Å². The summed E-state index contributed by atoms with van der Waals surface area (Å²) in [6.45, 7) is 2.48. The number of carbonyl (C=O) groups excluding carboxylic acids is 1. The van der Waals surface area contributed by atoms with Crippen molar-refractivity contribution in [3.05, 3.63) is 65.9 Å². The fraction of sp³-hybridized carbons (Fsp3) is 0.227. The lowest BCUT2D eigenvalue weighted by molar-refractivity contribution is -0.137. The molecule has 0 saturated heterocycles. The SMILES string of the molecule is CCCNC(=O)c1c[nH]c(-c2ccc(C(F)(F)F)cc2)c1-c1ccc(OC)cc1. The second kappa shape index (κ2) is 8.43. The van der Waals surface area contributed by atoms with E-state index in [1.807, 2.05) is 19.1 Å². The highest BCUT2D eigenvalue weighted by Gasteiger charge is 2.30. The third kappa shape index (κ3) is 4.45. The Hall–Kier alpha value is -3.22. The first-order valence-electron chi connectivity index (χ1n) is 9.16. The maximum absolute atomic E-state index is 12.9. The smallest absolute Gasteiger partial charge is 0.416 e. The van der Waals surface area contributed by atoms with E-state index >= 15 is 0 Å². The highest BCUT2D eigenvalue weighted by atomic mass is 19.4. The molecule has 0 bridgehead atoms. The number of alkyl halides is 3. The number of benzene rings is 2. The van der Waals surface area contributed by atoms with Gasteiger partial charge in [-0.25, -0.2) is 0 Å². The minimum atomic E-state index is -4.40. The van der Waals surface area contributed by atoms with E-state index in [1.165, 1.54) is 12.1 Å². The second-order valence-corrected chi connectivity index (χ2v) is 6.51. The van der Waals surface area contributed by atoms with Crippen LogP contribution in [0.1, 0.15) is 29.3 Å². The lowest BCUT2D eigenvalue weighted by Gasteiger charge is -2.11. The first kappa shape index (κ1) is 20.5. The van der Waals surface area contributed by atoms with E-state index in [4.69, 9.17) is 4.74 Å². The van der Waals surface area contributed by atoms with Crippen LogP contribution in [-0.2, 0) is 6.18 Å². The molecule has 1 heterocycles. The topological polar surface area (TPSA) is 54.1 Å². The monoisotopic (exact) mass is 402 g/mol. The van der Waals surface area contributed by atoms with E-state index in [1.54, 1.807) is 25.4 Å². The van der Waals surface area contributed by atoms with Crippen LogP contribution >= 0.6 is 0 Å². The van der Waals surface area contributed by atoms with E-state index in [2.05, 4.69) is 10.3 Å². The zero-order chi connectivity index (χ0) is 21.0. The highest BCUT2D eigenvalue weighted by molar-refractivity contribution is 6.04. The minimum absolute atomic E-state index is 0.243. The van der Waals surface area contributed by atoms with Crippen LogP contribution in [0.3, 0.4) is 0 Å². The predicted molar refractivity (Wildman–Crippen MR) is 106 cm³/mol. The van der Waals surface area contributed by atoms with Gasteiger partial charge in [0.1, 0.15) is 5.75 Å². The first-order chi connectivity index (χ1) is 13.8. The van der Waals surface area contributed by atoms with Crippen LogP contribution in [0.4, 0.5) is 13.2 Å². The zero-order valence-corrected chi connectivity index (χ0v) is 16.1. The molecule has 2 N–H and O–H groups in total. The molecule has 152 valence electrons. The molecule has 1 amide bonds. The van der Waals surface area contributed by atoms with Crippen LogP contribution in [0.15, 0.2) is 54.7 Å². The fourth-order valence-corrected chi connectivity index (χ4v) is 3.05. The van der Waals surface area contributed by atoms with Gasteiger partial charge in [-0.15, -0.1) is 0 Å². The zero-order valence-electron chi connectivity index (χ0n) is 16.1. The molecular formula is C22H21F3N2O2. The molecule has 0 fully saturated rings. The number of nitrogens with one attached hydrogen (secondary N) is 2. The standard InChI is InChI=1S/C22H21F3N2O2/c1-3-12-26-21(28)18-13-27-20(15-4-8-16(9-5-15)22(23,24)25)19(18)14-6-10-17(29-2)11-7-14/h4-11,13,27H,3,12H2,1-2H3,(H,26,28). The first-order valence-corrected chi connectivity index (χ1v) is 9.16. The van der Waals surface area contributed by atoms with Crippen molar-refractivity contribution >= 4 is 5.91 Å². The summed E-state index contributed by atoms with van der Waals surface area (Å²) in [5.41, 5.74) is 2.21. The van der Waals surface area contributed by atoms with Crippen LogP contribution in [0.25, 0.3) is 22.4 Å². The van der Waals surface area contributed by atoms with Crippen LogP contribution in [-0.4, -0.2) is 24.5 Å². The summed E-state index contributed by atoms with van der Waals surface area (Å²) in [5.74, 6) is 0.421. The Morgan fingerprint density at radius 1 is 1.03 bits per heavy atom. The summed E-state index contributed by atoms with van der Waals surface area (Å²) in [6.07, 6.45) is -2.03. The number of rotatable bonds is 6. The van der Waals surface area contributed by atoms with Crippen LogP contribution in [0, 0.1) is 0 Å². The number of H-pyrrole nitrogens is 1. The van der Waals surface area contributed by atoms with Gasteiger partial charge in [0.25, 0.3) is 5.91 Å². The van der Waals surface area contributed by atoms with Crippen molar-refractivity contribution in [3.8, 4) is 28.1 Å². The summed E-state index contributed by atoms with van der Waals surface area (Å²) in [7, 11) is 1.56. The molecule has 0 saturated carbocycles. The number of amides is 1. The fourth-order valence-electron chi connectivity index (χ4n) is 3.05. The van der Waals surface area contributed by atoms with Crippen molar-refractivity contribution in [2.75, 3.05) is 13.7 Å². The number of methoxy groups -OCH3 is 1. The molecule has 0 aliphatic rings. The number of aromatic amines is 1. The molecule has 2 aromatic carbocycles. The largest absolute Gasteiger partial charge is 0.497 e. The predicted octanol–water partition coefficient (Wildman–Crippen LogP) is 5.52. The Morgan fingerprint density at radius 2 is 1.66 bits per heavy atom.